The lowest BCUT2D eigenvalue weighted by Gasteiger charge is -2.12. The molecule has 22 heavy (non-hydrogen) atoms. The number of fused-ring (bicyclic) bond motifs is 1. The minimum Gasteiger partial charge on any atom is -0.478 e. The number of aromatic carboxylic acids is 1. The van der Waals surface area contributed by atoms with Crippen molar-refractivity contribution in [2.75, 3.05) is 6.26 Å². The number of hydrogen-bond donors (Lipinski definition) is 1. The molecule has 0 unspecified atom stereocenters. The van der Waals surface area contributed by atoms with Crippen molar-refractivity contribution in [3.05, 3.63) is 40.0 Å². The summed E-state index contributed by atoms with van der Waals surface area (Å²) >= 11 is 7.29. The minimum absolute atomic E-state index is 0.0172. The molecule has 114 valence electrons. The van der Waals surface area contributed by atoms with E-state index < -0.39 is 5.97 Å². The number of nitrogens with zero attached hydrogens (tertiary/aromatic N) is 2. The van der Waals surface area contributed by atoms with E-state index in [1.807, 2.05) is 6.26 Å². The Hall–Kier alpha value is -1.79. The third kappa shape index (κ3) is 2.89. The second-order valence-corrected chi connectivity index (χ2v) is 6.05. The van der Waals surface area contributed by atoms with Gasteiger partial charge in [0.2, 0.25) is 5.88 Å². The standard InChI is InChI=1S/C15H13ClN2O3S/c1-22-15-17-11-4-2-3-9(11)13(18-15)21-12-6-5-8(16)7-10(12)14(19)20/h5-7H,2-4H2,1H3,(H,19,20). The van der Waals surface area contributed by atoms with Gasteiger partial charge in [-0.05, 0) is 43.7 Å². The van der Waals surface area contributed by atoms with Crippen LogP contribution in [-0.2, 0) is 12.8 Å². The first-order valence-electron chi connectivity index (χ1n) is 6.73. The molecule has 1 aromatic heterocycles. The van der Waals surface area contributed by atoms with Crippen LogP contribution in [0, 0.1) is 0 Å². The van der Waals surface area contributed by atoms with Gasteiger partial charge in [0.1, 0.15) is 11.3 Å². The summed E-state index contributed by atoms with van der Waals surface area (Å²) in [6.07, 6.45) is 4.64. The zero-order valence-corrected chi connectivity index (χ0v) is 13.4. The van der Waals surface area contributed by atoms with Gasteiger partial charge in [-0.25, -0.2) is 9.78 Å². The zero-order valence-electron chi connectivity index (χ0n) is 11.8. The second kappa shape index (κ2) is 6.14. The number of aryl methyl sites for hydroxylation is 1. The molecule has 1 aliphatic carbocycles. The molecular formula is C15H13ClN2O3S. The summed E-state index contributed by atoms with van der Waals surface area (Å²) in [6.45, 7) is 0. The molecule has 0 atom stereocenters. The van der Waals surface area contributed by atoms with E-state index in [-0.39, 0.29) is 11.3 Å². The number of carboxylic acid groups (broad SMARTS) is 1. The average molecular weight is 337 g/mol. The fraction of sp³-hybridized carbons (Fsp3) is 0.267. The van der Waals surface area contributed by atoms with Gasteiger partial charge in [0.05, 0.1) is 5.69 Å². The molecule has 1 aromatic carbocycles. The summed E-state index contributed by atoms with van der Waals surface area (Å²) in [5, 5.41) is 10.3. The summed E-state index contributed by atoms with van der Waals surface area (Å²) in [6, 6.07) is 4.52. The van der Waals surface area contributed by atoms with Gasteiger partial charge in [0, 0.05) is 10.6 Å². The van der Waals surface area contributed by atoms with E-state index in [9.17, 15) is 9.90 Å². The molecule has 1 aliphatic rings. The number of aromatic nitrogens is 2. The van der Waals surface area contributed by atoms with Gasteiger partial charge in [-0.15, -0.1) is 0 Å². The van der Waals surface area contributed by atoms with E-state index in [0.29, 0.717) is 16.1 Å². The smallest absolute Gasteiger partial charge is 0.339 e. The first kappa shape index (κ1) is 15.1. The fourth-order valence-corrected chi connectivity index (χ4v) is 2.96. The number of hydrogen-bond acceptors (Lipinski definition) is 5. The van der Waals surface area contributed by atoms with E-state index in [0.717, 1.165) is 30.5 Å². The summed E-state index contributed by atoms with van der Waals surface area (Å²) < 4.78 is 5.81. The van der Waals surface area contributed by atoms with Crippen molar-refractivity contribution < 1.29 is 14.6 Å². The van der Waals surface area contributed by atoms with Crippen LogP contribution in [0.5, 0.6) is 11.6 Å². The molecule has 0 aliphatic heterocycles. The molecule has 2 aromatic rings. The Kier molecular flexibility index (Phi) is 4.22. The predicted octanol–water partition coefficient (Wildman–Crippen LogP) is 3.83. The Morgan fingerprint density at radius 1 is 1.36 bits per heavy atom. The zero-order chi connectivity index (χ0) is 15.7. The van der Waals surface area contributed by atoms with Gasteiger partial charge in [-0.1, -0.05) is 23.4 Å². The van der Waals surface area contributed by atoms with Crippen LogP contribution < -0.4 is 4.74 Å². The molecule has 3 rings (SSSR count). The molecule has 0 spiro atoms. The second-order valence-electron chi connectivity index (χ2n) is 4.84. The maximum Gasteiger partial charge on any atom is 0.339 e. The van der Waals surface area contributed by atoms with Crippen LogP contribution >= 0.6 is 23.4 Å². The molecule has 0 fully saturated rings. The van der Waals surface area contributed by atoms with E-state index >= 15 is 0 Å². The van der Waals surface area contributed by atoms with Gasteiger partial charge in [-0.2, -0.15) is 4.98 Å². The number of benzene rings is 1. The predicted molar refractivity (Wildman–Crippen MR) is 84.3 cm³/mol. The molecule has 5 nitrogen and oxygen atoms in total. The third-order valence-electron chi connectivity index (χ3n) is 3.44. The highest BCUT2D eigenvalue weighted by atomic mass is 35.5. The van der Waals surface area contributed by atoms with Crippen LogP contribution in [0.2, 0.25) is 5.02 Å². The molecule has 0 saturated heterocycles. The maximum atomic E-state index is 11.3. The SMILES string of the molecule is CSc1nc2c(c(Oc3ccc(Cl)cc3C(=O)O)n1)CCC2. The molecule has 7 heteroatoms. The van der Waals surface area contributed by atoms with Gasteiger partial charge in [0.25, 0.3) is 0 Å². The van der Waals surface area contributed by atoms with Crippen molar-refractivity contribution in [1.82, 2.24) is 9.97 Å². The van der Waals surface area contributed by atoms with Crippen molar-refractivity contribution in [2.24, 2.45) is 0 Å². The Morgan fingerprint density at radius 2 is 2.18 bits per heavy atom. The lowest BCUT2D eigenvalue weighted by molar-refractivity contribution is 0.0694. The fourth-order valence-electron chi connectivity index (χ4n) is 2.41. The largest absolute Gasteiger partial charge is 0.478 e. The summed E-state index contributed by atoms with van der Waals surface area (Å²) in [5.41, 5.74) is 1.97. The minimum atomic E-state index is -1.09. The number of ether oxygens (including phenoxy) is 1. The van der Waals surface area contributed by atoms with E-state index in [1.54, 1.807) is 12.1 Å². The van der Waals surface area contributed by atoms with Crippen molar-refractivity contribution in [3.8, 4) is 11.6 Å². The average Bonchev–Trinajstić information content (AvgIpc) is 2.97. The van der Waals surface area contributed by atoms with Gasteiger partial charge >= 0.3 is 5.97 Å². The Bertz CT molecular complexity index is 752. The summed E-state index contributed by atoms with van der Waals surface area (Å²) in [5.74, 6) is -0.415. The Labute approximate surface area is 136 Å². The van der Waals surface area contributed by atoms with Crippen molar-refractivity contribution in [1.29, 1.82) is 0 Å². The van der Waals surface area contributed by atoms with Crippen molar-refractivity contribution in [2.45, 2.75) is 24.4 Å². The van der Waals surface area contributed by atoms with Crippen molar-refractivity contribution >= 4 is 29.3 Å². The van der Waals surface area contributed by atoms with Crippen LogP contribution in [0.15, 0.2) is 23.4 Å². The van der Waals surface area contributed by atoms with Crippen LogP contribution in [-0.4, -0.2) is 27.3 Å². The molecule has 0 bridgehead atoms. The molecule has 0 amide bonds. The first-order valence-corrected chi connectivity index (χ1v) is 8.33. The normalized spacial score (nSPS) is 13.0. The molecule has 0 radical (unpaired) electrons. The third-order valence-corrected chi connectivity index (χ3v) is 4.22. The van der Waals surface area contributed by atoms with Crippen LogP contribution in [0.1, 0.15) is 28.0 Å². The van der Waals surface area contributed by atoms with Crippen LogP contribution in [0.3, 0.4) is 0 Å². The number of carboxylic acids is 1. The molecule has 1 N–H and O–H groups in total. The molecular weight excluding hydrogens is 324 g/mol. The van der Waals surface area contributed by atoms with Gasteiger partial charge < -0.3 is 9.84 Å². The molecule has 0 saturated carbocycles. The summed E-state index contributed by atoms with van der Waals surface area (Å²) in [7, 11) is 0. The van der Waals surface area contributed by atoms with E-state index in [1.165, 1.54) is 17.8 Å². The van der Waals surface area contributed by atoms with Crippen molar-refractivity contribution in [3.63, 3.8) is 0 Å². The molecule has 1 heterocycles. The first-order chi connectivity index (χ1) is 10.6. The number of carbonyl (C=O) groups is 1. The highest BCUT2D eigenvalue weighted by Gasteiger charge is 2.22. The monoisotopic (exact) mass is 336 g/mol. The van der Waals surface area contributed by atoms with E-state index in [2.05, 4.69) is 9.97 Å². The van der Waals surface area contributed by atoms with E-state index in [4.69, 9.17) is 16.3 Å². The lowest BCUT2D eigenvalue weighted by atomic mass is 10.2. The number of rotatable bonds is 4. The van der Waals surface area contributed by atoms with Gasteiger partial charge in [0.15, 0.2) is 5.16 Å². The topological polar surface area (TPSA) is 72.3 Å². The Morgan fingerprint density at radius 3 is 2.91 bits per heavy atom. The van der Waals surface area contributed by atoms with Crippen LogP contribution in [0.4, 0.5) is 0 Å². The van der Waals surface area contributed by atoms with Crippen LogP contribution in [0.25, 0.3) is 0 Å². The maximum absolute atomic E-state index is 11.3. The lowest BCUT2D eigenvalue weighted by Crippen LogP contribution is -2.04. The highest BCUT2D eigenvalue weighted by molar-refractivity contribution is 7.98. The Balaban J connectivity index is 2.04. The number of thioether (sulfide) groups is 1. The highest BCUT2D eigenvalue weighted by Crippen LogP contribution is 2.34. The summed E-state index contributed by atoms with van der Waals surface area (Å²) in [4.78, 5) is 20.2. The quantitative estimate of drug-likeness (QED) is 0.675. The number of halogens is 1. The van der Waals surface area contributed by atoms with Gasteiger partial charge in [-0.3, -0.25) is 0 Å².